The number of hydrogen-bond donors (Lipinski definition) is 2. The predicted molar refractivity (Wildman–Crippen MR) is 224 cm³/mol. The molecule has 0 unspecified atom stereocenters. The molecule has 6 aromatic heterocycles. The molecule has 6 aromatic rings. The number of hydrogen-bond acceptors (Lipinski definition) is 11. The predicted octanol–water partition coefficient (Wildman–Crippen LogP) is 9.04. The van der Waals surface area contributed by atoms with E-state index in [2.05, 4.69) is 47.1 Å². The molecule has 13 nitrogen and oxygen atoms in total. The van der Waals surface area contributed by atoms with Gasteiger partial charge in [0.25, 0.3) is 0 Å². The Labute approximate surface area is 357 Å². The number of alkyl halides is 6. The van der Waals surface area contributed by atoms with Crippen molar-refractivity contribution < 1.29 is 40.7 Å². The van der Waals surface area contributed by atoms with Crippen LogP contribution in [0.3, 0.4) is 0 Å². The van der Waals surface area contributed by atoms with Gasteiger partial charge in [-0.2, -0.15) is 26.3 Å². The summed E-state index contributed by atoms with van der Waals surface area (Å²) in [7, 11) is 0. The van der Waals surface area contributed by atoms with E-state index in [1.807, 2.05) is 32.9 Å². The zero-order chi connectivity index (χ0) is 45.1. The SMILES string of the molecule is C=CC(=O)N1CC[C@H](Nc2ncc(-c3ccc(C(F)(F)F)cn3)c3ncccc23)C1.CC(C)(C)OC(=O)N1CC[C@H](Nc2ncc(-c3ccc(C(F)(F)F)cn3)c3ncccc23)C1. The summed E-state index contributed by atoms with van der Waals surface area (Å²) in [5, 5.41) is 8.16. The van der Waals surface area contributed by atoms with Crippen molar-refractivity contribution in [2.75, 3.05) is 36.8 Å². The van der Waals surface area contributed by atoms with Crippen LogP contribution in [0.25, 0.3) is 44.3 Å². The molecule has 328 valence electrons. The van der Waals surface area contributed by atoms with Crippen molar-refractivity contribution in [3.8, 4) is 22.5 Å². The Balaban J connectivity index is 0.000000190. The quantitative estimate of drug-likeness (QED) is 0.117. The minimum Gasteiger partial charge on any atom is -0.444 e. The fourth-order valence-corrected chi connectivity index (χ4v) is 7.15. The fourth-order valence-electron chi connectivity index (χ4n) is 7.15. The molecule has 2 aliphatic rings. The molecule has 2 saturated heterocycles. The second-order valence-corrected chi connectivity index (χ2v) is 15.9. The summed E-state index contributed by atoms with van der Waals surface area (Å²) in [6, 6.07) is 11.8. The van der Waals surface area contributed by atoms with Crippen molar-refractivity contribution in [1.29, 1.82) is 0 Å². The first-order valence-electron chi connectivity index (χ1n) is 19.8. The zero-order valence-electron chi connectivity index (χ0n) is 34.3. The molecule has 2 aliphatic heterocycles. The highest BCUT2D eigenvalue weighted by atomic mass is 19.4. The Hall–Kier alpha value is -6.92. The summed E-state index contributed by atoms with van der Waals surface area (Å²) in [4.78, 5) is 53.2. The molecular weight excluding hydrogens is 831 g/mol. The van der Waals surface area contributed by atoms with E-state index in [1.165, 1.54) is 18.2 Å². The third-order valence-electron chi connectivity index (χ3n) is 10.2. The molecule has 0 saturated carbocycles. The van der Waals surface area contributed by atoms with E-state index < -0.39 is 29.1 Å². The first-order chi connectivity index (χ1) is 29.9. The lowest BCUT2D eigenvalue weighted by Gasteiger charge is -2.24. The van der Waals surface area contributed by atoms with Gasteiger partial charge in [0.1, 0.15) is 17.2 Å². The van der Waals surface area contributed by atoms with Gasteiger partial charge < -0.3 is 25.2 Å². The van der Waals surface area contributed by atoms with Gasteiger partial charge in [0.15, 0.2) is 0 Å². The van der Waals surface area contributed by atoms with Gasteiger partial charge in [0.2, 0.25) is 5.91 Å². The smallest absolute Gasteiger partial charge is 0.417 e. The van der Waals surface area contributed by atoms with Crippen LogP contribution in [0.2, 0.25) is 0 Å². The number of ether oxygens (including phenoxy) is 1. The minimum absolute atomic E-state index is 0.0246. The van der Waals surface area contributed by atoms with Crippen LogP contribution in [0.1, 0.15) is 44.7 Å². The number of halogens is 6. The number of aromatic nitrogens is 6. The summed E-state index contributed by atoms with van der Waals surface area (Å²) in [5.41, 5.74) is 0.751. The number of carbonyl (C=O) groups is 2. The van der Waals surface area contributed by atoms with E-state index in [0.29, 0.717) is 76.7 Å². The standard InChI is InChI=1S/C23H24F3N5O2.C21H18F3N5O/c1-22(2,3)33-21(32)31-10-8-15(13-31)30-20-16-5-4-9-27-19(16)17(12-29-20)18-7-6-14(11-28-18)23(24,25)26;1-2-18(30)29-9-7-14(12-29)28-20-15-4-3-8-25-19(15)16(11-27-20)17-6-5-13(10-26-17)21(22,23)24/h4-7,9,11-12,15H,8,10,13H2,1-3H3,(H,29,30);2-6,8,10-11,14H,1,7,9,12H2,(H,27,28)/t15-;14-/m00/s1. The molecule has 19 heteroatoms. The molecule has 0 bridgehead atoms. The third kappa shape index (κ3) is 10.4. The topological polar surface area (TPSA) is 151 Å². The monoisotopic (exact) mass is 872 g/mol. The van der Waals surface area contributed by atoms with Crippen LogP contribution < -0.4 is 10.6 Å². The highest BCUT2D eigenvalue weighted by Crippen LogP contribution is 2.35. The average Bonchev–Trinajstić information content (AvgIpc) is 3.93. The van der Waals surface area contributed by atoms with Crippen LogP contribution >= 0.6 is 0 Å². The Morgan fingerprint density at radius 1 is 0.667 bits per heavy atom. The van der Waals surface area contributed by atoms with Crippen molar-refractivity contribution in [3.63, 3.8) is 0 Å². The average molecular weight is 873 g/mol. The van der Waals surface area contributed by atoms with E-state index in [-0.39, 0.29) is 24.1 Å². The molecule has 8 heterocycles. The number of nitrogens with zero attached hydrogens (tertiary/aromatic N) is 8. The lowest BCUT2D eigenvalue weighted by Crippen LogP contribution is -2.36. The van der Waals surface area contributed by atoms with Gasteiger partial charge in [0.05, 0.1) is 33.5 Å². The Morgan fingerprint density at radius 2 is 1.13 bits per heavy atom. The van der Waals surface area contributed by atoms with Gasteiger partial charge in [-0.05, 0) is 88.2 Å². The maximum Gasteiger partial charge on any atom is 0.417 e. The minimum atomic E-state index is -4.45. The molecule has 0 aliphatic carbocycles. The van der Waals surface area contributed by atoms with Crippen molar-refractivity contribution in [1.82, 2.24) is 39.7 Å². The maximum atomic E-state index is 12.9. The van der Waals surface area contributed by atoms with Crippen molar-refractivity contribution >= 4 is 45.4 Å². The van der Waals surface area contributed by atoms with Crippen LogP contribution in [0.5, 0.6) is 0 Å². The summed E-state index contributed by atoms with van der Waals surface area (Å²) >= 11 is 0. The summed E-state index contributed by atoms with van der Waals surface area (Å²) in [6.07, 6.45) is 1.48. The van der Waals surface area contributed by atoms with Crippen molar-refractivity contribution in [2.24, 2.45) is 0 Å². The number of pyridine rings is 6. The van der Waals surface area contributed by atoms with Gasteiger partial charge in [-0.3, -0.25) is 24.7 Å². The Kier molecular flexibility index (Phi) is 12.5. The van der Waals surface area contributed by atoms with E-state index in [9.17, 15) is 35.9 Å². The maximum absolute atomic E-state index is 12.9. The summed E-state index contributed by atoms with van der Waals surface area (Å²) < 4.78 is 82.5. The van der Waals surface area contributed by atoms with Crippen molar-refractivity contribution in [2.45, 2.75) is 63.7 Å². The zero-order valence-corrected chi connectivity index (χ0v) is 34.3. The Bertz CT molecular complexity index is 2620. The van der Waals surface area contributed by atoms with E-state index in [4.69, 9.17) is 4.74 Å². The molecule has 2 N–H and O–H groups in total. The summed E-state index contributed by atoms with van der Waals surface area (Å²) in [6.45, 7) is 11.2. The second-order valence-electron chi connectivity index (χ2n) is 15.9. The molecule has 0 radical (unpaired) electrons. The molecule has 2 amide bonds. The highest BCUT2D eigenvalue weighted by molar-refractivity contribution is 5.99. The van der Waals surface area contributed by atoms with Crippen molar-refractivity contribution in [3.05, 3.63) is 109 Å². The van der Waals surface area contributed by atoms with Gasteiger partial charge >= 0.3 is 18.4 Å². The number of amides is 2. The fraction of sp³-hybridized carbons (Fsp3) is 0.318. The molecule has 2 atom stereocenters. The molecule has 8 rings (SSSR count). The van der Waals surface area contributed by atoms with Gasteiger partial charge in [0, 0.05) is 97.3 Å². The second kappa shape index (κ2) is 17.8. The number of carbonyl (C=O) groups excluding carboxylic acids is 2. The molecular formula is C44H42F6N10O3. The number of anilines is 2. The first kappa shape index (κ1) is 44.1. The van der Waals surface area contributed by atoms with Gasteiger partial charge in [-0.25, -0.2) is 14.8 Å². The molecule has 63 heavy (non-hydrogen) atoms. The van der Waals surface area contributed by atoms with Crippen LogP contribution in [-0.4, -0.2) is 95.6 Å². The van der Waals surface area contributed by atoms with E-state index in [0.717, 1.165) is 42.8 Å². The van der Waals surface area contributed by atoms with Crippen LogP contribution in [0.15, 0.2) is 98.4 Å². The lowest BCUT2D eigenvalue weighted by molar-refractivity contribution is -0.138. The molecule has 0 aromatic carbocycles. The van der Waals surface area contributed by atoms with Gasteiger partial charge in [-0.1, -0.05) is 6.58 Å². The largest absolute Gasteiger partial charge is 0.444 e. The molecule has 2 fully saturated rings. The number of nitrogens with one attached hydrogen (secondary N) is 2. The summed E-state index contributed by atoms with van der Waals surface area (Å²) in [5.74, 6) is 1.08. The van der Waals surface area contributed by atoms with Crippen LogP contribution in [-0.2, 0) is 21.9 Å². The first-order valence-corrected chi connectivity index (χ1v) is 19.8. The lowest BCUT2D eigenvalue weighted by atomic mass is 10.1. The number of rotatable bonds is 7. The Morgan fingerprint density at radius 3 is 1.54 bits per heavy atom. The van der Waals surface area contributed by atoms with E-state index in [1.54, 1.807) is 46.7 Å². The third-order valence-corrected chi connectivity index (χ3v) is 10.2. The number of fused-ring (bicyclic) bond motifs is 2. The van der Waals surface area contributed by atoms with Crippen LogP contribution in [0, 0.1) is 0 Å². The number of likely N-dealkylation sites (tertiary alicyclic amines) is 2. The van der Waals surface area contributed by atoms with Gasteiger partial charge in [-0.15, -0.1) is 0 Å². The molecule has 0 spiro atoms. The normalized spacial score (nSPS) is 16.7. The van der Waals surface area contributed by atoms with E-state index >= 15 is 0 Å². The highest BCUT2D eigenvalue weighted by Gasteiger charge is 2.33. The van der Waals surface area contributed by atoms with Crippen LogP contribution in [0.4, 0.5) is 42.8 Å².